The van der Waals surface area contributed by atoms with Gasteiger partial charge in [0.25, 0.3) is 11.1 Å². The molecule has 1 heterocycles. The molecule has 0 radical (unpaired) electrons. The van der Waals surface area contributed by atoms with Gasteiger partial charge in [-0.1, -0.05) is 41.9 Å². The van der Waals surface area contributed by atoms with E-state index < -0.39 is 27.5 Å². The first-order chi connectivity index (χ1) is 16.8. The molecule has 0 bridgehead atoms. The molecule has 0 aromatic heterocycles. The van der Waals surface area contributed by atoms with E-state index in [1.54, 1.807) is 30.3 Å². The molecule has 0 spiro atoms. The van der Waals surface area contributed by atoms with E-state index in [4.69, 9.17) is 16.3 Å². The highest BCUT2D eigenvalue weighted by Gasteiger charge is 2.35. The summed E-state index contributed by atoms with van der Waals surface area (Å²) in [6.07, 6.45) is 1.70. The van der Waals surface area contributed by atoms with Gasteiger partial charge in [0.05, 0.1) is 16.4 Å². The second-order valence-corrected chi connectivity index (χ2v) is 9.04. The van der Waals surface area contributed by atoms with Crippen molar-refractivity contribution in [2.45, 2.75) is 6.42 Å². The molecule has 1 N–H and O–H groups in total. The van der Waals surface area contributed by atoms with Crippen molar-refractivity contribution >= 4 is 46.3 Å². The van der Waals surface area contributed by atoms with Crippen molar-refractivity contribution in [2.24, 2.45) is 0 Å². The second kappa shape index (κ2) is 10.6. The predicted molar refractivity (Wildman–Crippen MR) is 134 cm³/mol. The second-order valence-electron chi connectivity index (χ2n) is 7.61. The number of imide groups is 1. The van der Waals surface area contributed by atoms with Gasteiger partial charge < -0.3 is 9.84 Å². The number of hydrogen-bond donors (Lipinski definition) is 1. The molecule has 0 unspecified atom stereocenters. The maximum atomic E-state index is 12.8. The van der Waals surface area contributed by atoms with Crippen LogP contribution in [0, 0.1) is 10.1 Å². The maximum Gasteiger partial charge on any atom is 0.311 e. The lowest BCUT2D eigenvalue weighted by Crippen LogP contribution is -2.32. The minimum atomic E-state index is -0.680. The lowest BCUT2D eigenvalue weighted by Gasteiger charge is -2.13. The fourth-order valence-corrected chi connectivity index (χ4v) is 4.49. The summed E-state index contributed by atoms with van der Waals surface area (Å²) < 4.78 is 5.56. The van der Waals surface area contributed by atoms with Crippen LogP contribution >= 0.6 is 23.4 Å². The van der Waals surface area contributed by atoms with Crippen LogP contribution in [0.1, 0.15) is 16.7 Å². The van der Waals surface area contributed by atoms with Gasteiger partial charge in [-0.25, -0.2) is 0 Å². The third-order valence-corrected chi connectivity index (χ3v) is 6.34. The van der Waals surface area contributed by atoms with Gasteiger partial charge in [-0.2, -0.15) is 0 Å². The molecule has 8 nitrogen and oxygen atoms in total. The number of nitro benzene ring substituents is 1. The molecule has 3 aromatic rings. The lowest BCUT2D eigenvalue weighted by atomic mass is 10.0. The van der Waals surface area contributed by atoms with Crippen molar-refractivity contribution in [1.29, 1.82) is 0 Å². The molecule has 2 amide bonds. The van der Waals surface area contributed by atoms with Crippen LogP contribution in [0.25, 0.3) is 6.08 Å². The Balaban J connectivity index is 1.53. The van der Waals surface area contributed by atoms with E-state index in [9.17, 15) is 24.8 Å². The quantitative estimate of drug-likeness (QED) is 0.236. The summed E-state index contributed by atoms with van der Waals surface area (Å²) in [5.41, 5.74) is 1.13. The highest BCUT2D eigenvalue weighted by atomic mass is 35.5. The SMILES string of the molecule is O=C1S/C(=C\c2cc(Cc3ccccc3)cc([N+](=O)[O-])c2O)C(=O)N1CCOc1ccc(Cl)cc1. The number of hydrogen-bond acceptors (Lipinski definition) is 7. The number of rotatable bonds is 8. The van der Waals surface area contributed by atoms with Crippen LogP contribution in [0.15, 0.2) is 71.6 Å². The third kappa shape index (κ3) is 5.82. The zero-order valence-corrected chi connectivity index (χ0v) is 19.8. The Kier molecular flexibility index (Phi) is 7.38. The van der Waals surface area contributed by atoms with Crippen LogP contribution in [0.5, 0.6) is 11.5 Å². The smallest absolute Gasteiger partial charge is 0.311 e. The monoisotopic (exact) mass is 510 g/mol. The number of nitrogens with zero attached hydrogens (tertiary/aromatic N) is 2. The highest BCUT2D eigenvalue weighted by Crippen LogP contribution is 2.37. The lowest BCUT2D eigenvalue weighted by molar-refractivity contribution is -0.385. The number of benzene rings is 3. The van der Waals surface area contributed by atoms with Crippen LogP contribution < -0.4 is 4.74 Å². The summed E-state index contributed by atoms with van der Waals surface area (Å²) in [7, 11) is 0. The summed E-state index contributed by atoms with van der Waals surface area (Å²) in [6.45, 7) is 0.0983. The average molecular weight is 511 g/mol. The number of carbonyl (C=O) groups is 2. The van der Waals surface area contributed by atoms with Crippen molar-refractivity contribution < 1.29 is 24.4 Å². The van der Waals surface area contributed by atoms with E-state index in [0.29, 0.717) is 34.5 Å². The molecule has 1 saturated heterocycles. The predicted octanol–water partition coefficient (Wildman–Crippen LogP) is 5.66. The van der Waals surface area contributed by atoms with Crippen molar-refractivity contribution in [3.63, 3.8) is 0 Å². The molecule has 35 heavy (non-hydrogen) atoms. The van der Waals surface area contributed by atoms with Crippen molar-refractivity contribution in [2.75, 3.05) is 13.2 Å². The molecule has 10 heteroatoms. The number of phenols is 1. The number of halogens is 1. The van der Waals surface area contributed by atoms with E-state index >= 15 is 0 Å². The van der Waals surface area contributed by atoms with Gasteiger partial charge in [0, 0.05) is 16.7 Å². The summed E-state index contributed by atoms with van der Waals surface area (Å²) >= 11 is 6.54. The van der Waals surface area contributed by atoms with E-state index in [1.807, 2.05) is 30.3 Å². The van der Waals surface area contributed by atoms with Crippen molar-refractivity contribution in [1.82, 2.24) is 4.90 Å². The van der Waals surface area contributed by atoms with Crippen LogP contribution in [0.3, 0.4) is 0 Å². The van der Waals surface area contributed by atoms with Gasteiger partial charge in [-0.15, -0.1) is 0 Å². The Morgan fingerprint density at radius 3 is 2.46 bits per heavy atom. The Morgan fingerprint density at radius 1 is 1.06 bits per heavy atom. The molecule has 0 aliphatic carbocycles. The number of ether oxygens (including phenoxy) is 1. The summed E-state index contributed by atoms with van der Waals surface area (Å²) in [4.78, 5) is 37.2. The summed E-state index contributed by atoms with van der Waals surface area (Å²) in [5, 5.41) is 22.1. The number of carbonyl (C=O) groups excluding carboxylic acids is 2. The highest BCUT2D eigenvalue weighted by molar-refractivity contribution is 8.18. The van der Waals surface area contributed by atoms with Gasteiger partial charge in [-0.05, 0) is 65.7 Å². The largest absolute Gasteiger partial charge is 0.502 e. The van der Waals surface area contributed by atoms with Gasteiger partial charge in [0.2, 0.25) is 5.75 Å². The molecule has 1 fully saturated rings. The normalized spacial score (nSPS) is 14.5. The van der Waals surface area contributed by atoms with Crippen LogP contribution in [0.2, 0.25) is 5.02 Å². The molecular weight excluding hydrogens is 492 g/mol. The van der Waals surface area contributed by atoms with Crippen LogP contribution in [0.4, 0.5) is 10.5 Å². The first-order valence-corrected chi connectivity index (χ1v) is 11.7. The number of phenolic OH excluding ortho intramolecular Hbond substituents is 1. The molecule has 0 atom stereocenters. The third-order valence-electron chi connectivity index (χ3n) is 5.18. The first kappa shape index (κ1) is 24.3. The van der Waals surface area contributed by atoms with Crippen LogP contribution in [-0.4, -0.2) is 39.2 Å². The fourth-order valence-electron chi connectivity index (χ4n) is 3.50. The molecule has 0 saturated carbocycles. The molecule has 1 aliphatic heterocycles. The van der Waals surface area contributed by atoms with Gasteiger partial charge in [0.15, 0.2) is 0 Å². The van der Waals surface area contributed by atoms with Gasteiger partial charge in [0.1, 0.15) is 12.4 Å². The average Bonchev–Trinajstić information content (AvgIpc) is 3.10. The summed E-state index contributed by atoms with van der Waals surface area (Å²) in [5.74, 6) is -0.579. The van der Waals surface area contributed by atoms with E-state index in [0.717, 1.165) is 10.5 Å². The number of thioether (sulfide) groups is 1. The molecule has 4 rings (SSSR count). The Morgan fingerprint density at radius 2 is 1.77 bits per heavy atom. The zero-order valence-electron chi connectivity index (χ0n) is 18.2. The topological polar surface area (TPSA) is 110 Å². The first-order valence-electron chi connectivity index (χ1n) is 10.5. The standard InChI is InChI=1S/C25H19ClN2O6S/c26-19-6-8-20(9-7-19)34-11-10-27-24(30)22(35-25(27)31)15-18-13-17(12-16-4-2-1-3-5-16)14-21(23(18)29)28(32)33/h1-9,13-15,29H,10-12H2/b22-15-. The summed E-state index contributed by atoms with van der Waals surface area (Å²) in [6, 6.07) is 18.9. The number of aromatic hydroxyl groups is 1. The van der Waals surface area contributed by atoms with E-state index in [-0.39, 0.29) is 23.6 Å². The zero-order chi connectivity index (χ0) is 24.9. The number of amides is 2. The van der Waals surface area contributed by atoms with E-state index in [1.165, 1.54) is 12.1 Å². The molecular formula is C25H19ClN2O6S. The van der Waals surface area contributed by atoms with Crippen molar-refractivity contribution in [3.8, 4) is 11.5 Å². The van der Waals surface area contributed by atoms with Gasteiger partial charge in [-0.3, -0.25) is 24.6 Å². The Labute approximate surface area is 209 Å². The molecule has 1 aliphatic rings. The van der Waals surface area contributed by atoms with E-state index in [2.05, 4.69) is 0 Å². The van der Waals surface area contributed by atoms with Gasteiger partial charge >= 0.3 is 5.69 Å². The Hall–Kier alpha value is -3.82. The van der Waals surface area contributed by atoms with Crippen LogP contribution in [-0.2, 0) is 11.2 Å². The minimum absolute atomic E-state index is 0.0187. The molecule has 3 aromatic carbocycles. The molecule has 178 valence electrons. The van der Waals surface area contributed by atoms with Crippen molar-refractivity contribution in [3.05, 3.63) is 103 Å². The fraction of sp³-hybridized carbons (Fsp3) is 0.120. The maximum absolute atomic E-state index is 12.8. The Bertz CT molecular complexity index is 1310. The minimum Gasteiger partial charge on any atom is -0.502 e. The number of nitro groups is 1.